The zero-order valence-corrected chi connectivity index (χ0v) is 23.1. The van der Waals surface area contributed by atoms with E-state index in [1.54, 1.807) is 11.8 Å². The number of benzene rings is 1. The molecule has 1 heterocycles. The molecule has 0 radical (unpaired) electrons. The summed E-state index contributed by atoms with van der Waals surface area (Å²) >= 11 is 5.22. The first-order valence-corrected chi connectivity index (χ1v) is 14.6. The number of carbonyl (C=O) groups excluding carboxylic acids is 2. The largest absolute Gasteiger partial charge is 0.353 e. The average molecular weight is 551 g/mol. The fraction of sp³-hybridized carbons (Fsp3) is 0.630. The van der Waals surface area contributed by atoms with Gasteiger partial charge in [-0.25, -0.2) is 0 Å². The lowest BCUT2D eigenvalue weighted by Gasteiger charge is -2.43. The number of unbranched alkanes of at least 4 members (excludes halogenated alkanes) is 2. The van der Waals surface area contributed by atoms with Crippen LogP contribution in [0.3, 0.4) is 0 Å². The minimum atomic E-state index is -0.0442. The van der Waals surface area contributed by atoms with E-state index in [2.05, 4.69) is 40.0 Å². The number of hydrogen-bond acceptors (Lipinski definition) is 4. The molecule has 1 saturated heterocycles. The molecule has 34 heavy (non-hydrogen) atoms. The van der Waals surface area contributed by atoms with E-state index in [1.165, 1.54) is 32.1 Å². The van der Waals surface area contributed by atoms with Crippen LogP contribution in [0.2, 0.25) is 0 Å². The van der Waals surface area contributed by atoms with Gasteiger partial charge in [-0.15, -0.1) is 11.8 Å². The van der Waals surface area contributed by atoms with Gasteiger partial charge < -0.3 is 15.1 Å². The summed E-state index contributed by atoms with van der Waals surface area (Å²) in [4.78, 5) is 31.4. The van der Waals surface area contributed by atoms with Crippen LogP contribution in [0.4, 0.5) is 0 Å². The number of halogens is 1. The van der Waals surface area contributed by atoms with E-state index in [0.29, 0.717) is 11.8 Å². The van der Waals surface area contributed by atoms with Gasteiger partial charge in [0.1, 0.15) is 6.54 Å². The Labute approximate surface area is 218 Å². The van der Waals surface area contributed by atoms with Crippen molar-refractivity contribution < 1.29 is 9.59 Å². The molecule has 2 fully saturated rings. The molecule has 0 spiro atoms. The first-order chi connectivity index (χ1) is 16.5. The van der Waals surface area contributed by atoms with Crippen LogP contribution in [0, 0.1) is 0 Å². The topological polar surface area (TPSA) is 52.7 Å². The number of carbonyl (C=O) groups is 2. The number of nitrogens with zero attached hydrogens (tertiary/aromatic N) is 2. The second-order valence-electron chi connectivity index (χ2n) is 9.40. The highest BCUT2D eigenvalue weighted by Gasteiger charge is 2.41. The minimum Gasteiger partial charge on any atom is -0.353 e. The molecular weight excluding hydrogens is 510 g/mol. The van der Waals surface area contributed by atoms with Crippen molar-refractivity contribution in [3.63, 3.8) is 0 Å². The van der Waals surface area contributed by atoms with Crippen LogP contribution in [-0.4, -0.2) is 65.6 Å². The summed E-state index contributed by atoms with van der Waals surface area (Å²) in [5, 5.41) is 3.47. The third kappa shape index (κ3) is 8.13. The second-order valence-corrected chi connectivity index (χ2v) is 11.6. The molecule has 1 aromatic carbocycles. The summed E-state index contributed by atoms with van der Waals surface area (Å²) in [6.07, 6.45) is 11.1. The monoisotopic (exact) mass is 549 g/mol. The summed E-state index contributed by atoms with van der Waals surface area (Å²) in [5.74, 6) is -0.0481. The van der Waals surface area contributed by atoms with Gasteiger partial charge in [-0.2, -0.15) is 0 Å². The Morgan fingerprint density at radius 1 is 1.18 bits per heavy atom. The van der Waals surface area contributed by atoms with Gasteiger partial charge in [-0.1, -0.05) is 67.6 Å². The number of thioether (sulfide) groups is 1. The highest BCUT2D eigenvalue weighted by Crippen LogP contribution is 2.42. The molecule has 2 unspecified atom stereocenters. The highest BCUT2D eigenvalue weighted by atomic mass is 79.9. The summed E-state index contributed by atoms with van der Waals surface area (Å²) < 4.78 is 0.994. The van der Waals surface area contributed by atoms with E-state index in [9.17, 15) is 9.59 Å². The van der Waals surface area contributed by atoms with E-state index >= 15 is 0 Å². The maximum atomic E-state index is 13.5. The fourth-order valence-electron chi connectivity index (χ4n) is 4.77. The lowest BCUT2D eigenvalue weighted by atomic mass is 9.93. The molecule has 188 valence electrons. The van der Waals surface area contributed by atoms with Gasteiger partial charge in [0.05, 0.1) is 4.91 Å². The van der Waals surface area contributed by atoms with E-state index in [4.69, 9.17) is 0 Å². The summed E-state index contributed by atoms with van der Waals surface area (Å²) in [7, 11) is 0. The molecule has 2 amide bonds. The van der Waals surface area contributed by atoms with Crippen molar-refractivity contribution in [3.05, 3.63) is 39.2 Å². The third-order valence-electron chi connectivity index (χ3n) is 6.68. The van der Waals surface area contributed by atoms with Gasteiger partial charge in [0.25, 0.3) is 5.91 Å². The molecule has 0 bridgehead atoms. The number of fused-ring (bicyclic) bond motifs is 1. The van der Waals surface area contributed by atoms with Crippen molar-refractivity contribution in [2.75, 3.05) is 32.7 Å². The Bertz CT molecular complexity index is 839. The summed E-state index contributed by atoms with van der Waals surface area (Å²) in [6, 6.07) is 8.15. The van der Waals surface area contributed by atoms with Gasteiger partial charge in [0.2, 0.25) is 5.91 Å². The quantitative estimate of drug-likeness (QED) is 0.340. The average Bonchev–Trinajstić information content (AvgIpc) is 2.83. The molecule has 1 saturated carbocycles. The number of nitrogens with one attached hydrogen (secondary N) is 1. The summed E-state index contributed by atoms with van der Waals surface area (Å²) in [6.45, 7) is 8.26. The van der Waals surface area contributed by atoms with E-state index in [-0.39, 0.29) is 24.4 Å². The van der Waals surface area contributed by atoms with Crippen LogP contribution < -0.4 is 5.32 Å². The van der Waals surface area contributed by atoms with Gasteiger partial charge in [-0.05, 0) is 62.5 Å². The van der Waals surface area contributed by atoms with E-state index in [1.807, 2.05) is 35.2 Å². The van der Waals surface area contributed by atoms with Crippen LogP contribution in [0.1, 0.15) is 70.8 Å². The smallest absolute Gasteiger partial charge is 0.261 e. The van der Waals surface area contributed by atoms with Crippen LogP contribution in [0.15, 0.2) is 33.6 Å². The van der Waals surface area contributed by atoms with Crippen molar-refractivity contribution in [2.45, 2.75) is 76.5 Å². The fourth-order valence-corrected chi connectivity index (χ4v) is 6.66. The van der Waals surface area contributed by atoms with Crippen molar-refractivity contribution in [2.24, 2.45) is 0 Å². The molecule has 5 nitrogen and oxygen atoms in total. The van der Waals surface area contributed by atoms with Crippen molar-refractivity contribution in [1.82, 2.24) is 15.1 Å². The van der Waals surface area contributed by atoms with Gasteiger partial charge in [0.15, 0.2) is 0 Å². The molecule has 3 rings (SSSR count). The second kappa shape index (κ2) is 14.3. The summed E-state index contributed by atoms with van der Waals surface area (Å²) in [5.41, 5.74) is 1.00. The molecule has 2 aliphatic rings. The third-order valence-corrected chi connectivity index (χ3v) is 8.58. The molecule has 0 aromatic heterocycles. The van der Waals surface area contributed by atoms with E-state index in [0.717, 1.165) is 53.8 Å². The van der Waals surface area contributed by atoms with Crippen LogP contribution >= 0.6 is 27.7 Å². The zero-order chi connectivity index (χ0) is 24.3. The van der Waals surface area contributed by atoms with Crippen LogP contribution in [0.5, 0.6) is 0 Å². The Balaban J connectivity index is 1.62. The van der Waals surface area contributed by atoms with Gasteiger partial charge in [-0.3, -0.25) is 9.59 Å². The SMILES string of the molecule is CCCCN(CCCC)CCNC(=O)CN1C(=O)/C(=C\c2cccc(Br)c2)SC2CCCCC21. The Morgan fingerprint density at radius 3 is 2.62 bits per heavy atom. The molecule has 1 aliphatic heterocycles. The van der Waals surface area contributed by atoms with Crippen LogP contribution in [0.25, 0.3) is 6.08 Å². The molecular formula is C27H40BrN3O2S. The van der Waals surface area contributed by atoms with Crippen molar-refractivity contribution >= 4 is 45.6 Å². The van der Waals surface area contributed by atoms with Gasteiger partial charge >= 0.3 is 0 Å². The normalized spacial score (nSPS) is 21.7. The Morgan fingerprint density at radius 2 is 1.91 bits per heavy atom. The predicted molar refractivity (Wildman–Crippen MR) is 147 cm³/mol. The number of hydrogen-bond donors (Lipinski definition) is 1. The zero-order valence-electron chi connectivity index (χ0n) is 20.7. The number of rotatable bonds is 12. The minimum absolute atomic E-state index is 0.00389. The molecule has 1 aliphatic carbocycles. The van der Waals surface area contributed by atoms with Crippen molar-refractivity contribution in [3.8, 4) is 0 Å². The first kappa shape index (κ1) is 27.3. The Hall–Kier alpha value is -1.31. The van der Waals surface area contributed by atoms with Crippen LogP contribution in [-0.2, 0) is 9.59 Å². The Kier molecular flexibility index (Phi) is 11.5. The maximum Gasteiger partial charge on any atom is 0.261 e. The lowest BCUT2D eigenvalue weighted by molar-refractivity contribution is -0.135. The lowest BCUT2D eigenvalue weighted by Crippen LogP contribution is -2.54. The number of amides is 2. The molecule has 7 heteroatoms. The molecule has 1 aromatic rings. The van der Waals surface area contributed by atoms with Gasteiger partial charge in [0, 0.05) is 28.9 Å². The van der Waals surface area contributed by atoms with Crippen molar-refractivity contribution in [1.29, 1.82) is 0 Å². The predicted octanol–water partition coefficient (Wildman–Crippen LogP) is 5.70. The molecule has 1 N–H and O–H groups in total. The maximum absolute atomic E-state index is 13.5. The molecule has 2 atom stereocenters. The first-order valence-electron chi connectivity index (χ1n) is 13.0. The standard InChI is InChI=1S/C27H40BrN3O2S/c1-3-5-15-30(16-6-4-2)17-14-29-26(32)20-31-23-12-7-8-13-24(23)34-25(27(31)33)19-21-10-9-11-22(28)18-21/h9-11,18-19,23-24H,3-8,12-17,20H2,1-2H3,(H,29,32)/b25-19+. The van der Waals surface area contributed by atoms with E-state index < -0.39 is 0 Å². The highest BCUT2D eigenvalue weighted by molar-refractivity contribution is 9.10.